The molecule has 82 valence electrons. The maximum Gasteiger partial charge on any atom is 0.0968 e. The summed E-state index contributed by atoms with van der Waals surface area (Å²) in [7, 11) is 0.841. The first kappa shape index (κ1) is 12.0. The van der Waals surface area contributed by atoms with Crippen LogP contribution in [-0.2, 0) is 0 Å². The molecule has 0 radical (unpaired) electrons. The van der Waals surface area contributed by atoms with Gasteiger partial charge >= 0.3 is 0 Å². The van der Waals surface area contributed by atoms with Crippen molar-refractivity contribution in [3.63, 3.8) is 0 Å². The van der Waals surface area contributed by atoms with Gasteiger partial charge in [-0.3, -0.25) is 0 Å². The highest BCUT2D eigenvalue weighted by atomic mass is 31.1. The van der Waals surface area contributed by atoms with Gasteiger partial charge in [-0.2, -0.15) is 0 Å². The van der Waals surface area contributed by atoms with Gasteiger partial charge in [-0.25, -0.2) is 0 Å². The molecule has 1 fully saturated rings. The maximum atomic E-state index is 9.79. The largest absolute Gasteiger partial charge is 0.512 e. The molecular formula is C11H22NOP. The van der Waals surface area contributed by atoms with Crippen molar-refractivity contribution in [3.05, 3.63) is 11.1 Å². The van der Waals surface area contributed by atoms with Gasteiger partial charge in [0.25, 0.3) is 0 Å². The zero-order valence-corrected chi connectivity index (χ0v) is 9.89. The number of aliphatic hydroxyl groups is 1. The molecule has 0 aromatic heterocycles. The lowest BCUT2D eigenvalue weighted by atomic mass is 10.1. The Morgan fingerprint density at radius 2 is 1.93 bits per heavy atom. The Morgan fingerprint density at radius 1 is 1.21 bits per heavy atom. The van der Waals surface area contributed by atoms with Gasteiger partial charge in [-0.15, -0.1) is 0 Å². The minimum atomic E-state index is 0.569. The standard InChI is InChI=1S/C11H22NOP/c12-8-7-10(13)11-6-4-2-1-3-5-9-14-11/h13-14H,1-9,12H2. The number of aliphatic hydroxyl groups excluding tert-OH is 1. The molecule has 0 aromatic carbocycles. The number of hydrogen-bond acceptors (Lipinski definition) is 2. The van der Waals surface area contributed by atoms with E-state index in [2.05, 4.69) is 0 Å². The summed E-state index contributed by atoms with van der Waals surface area (Å²) < 4.78 is 0. The quantitative estimate of drug-likeness (QED) is 0.549. The number of allylic oxidation sites excluding steroid dienone is 1. The Balaban J connectivity index is 2.49. The molecule has 1 rings (SSSR count). The van der Waals surface area contributed by atoms with Crippen LogP contribution < -0.4 is 5.73 Å². The molecule has 3 N–H and O–H groups in total. The van der Waals surface area contributed by atoms with E-state index in [0.717, 1.165) is 15.0 Å². The first-order chi connectivity index (χ1) is 6.84. The van der Waals surface area contributed by atoms with Crippen molar-refractivity contribution in [1.82, 2.24) is 0 Å². The molecule has 0 bridgehead atoms. The molecule has 14 heavy (non-hydrogen) atoms. The molecule has 1 aliphatic rings. The third-order valence-electron chi connectivity index (χ3n) is 2.67. The van der Waals surface area contributed by atoms with Crippen LogP contribution in [0.3, 0.4) is 0 Å². The molecule has 0 aromatic rings. The lowest BCUT2D eigenvalue weighted by Crippen LogP contribution is -2.01. The Labute approximate surface area is 88.7 Å². The Hall–Kier alpha value is -0.0700. The molecule has 1 saturated heterocycles. The van der Waals surface area contributed by atoms with E-state index in [1.54, 1.807) is 0 Å². The highest BCUT2D eigenvalue weighted by Gasteiger charge is 2.07. The second-order valence-electron chi connectivity index (χ2n) is 3.91. The van der Waals surface area contributed by atoms with E-state index in [1.807, 2.05) is 0 Å². The monoisotopic (exact) mass is 215 g/mol. The zero-order valence-electron chi connectivity index (χ0n) is 8.89. The molecule has 0 aliphatic carbocycles. The summed E-state index contributed by atoms with van der Waals surface area (Å²) in [6, 6.07) is 0. The minimum Gasteiger partial charge on any atom is -0.512 e. The summed E-state index contributed by atoms with van der Waals surface area (Å²) in [6.45, 7) is 0.569. The zero-order chi connectivity index (χ0) is 10.2. The summed E-state index contributed by atoms with van der Waals surface area (Å²) >= 11 is 0. The molecule has 1 heterocycles. The summed E-state index contributed by atoms with van der Waals surface area (Å²) in [4.78, 5) is 0. The van der Waals surface area contributed by atoms with E-state index in [1.165, 1.54) is 43.6 Å². The Kier molecular flexibility index (Phi) is 6.22. The number of rotatable bonds is 2. The Bertz CT molecular complexity index is 180. The van der Waals surface area contributed by atoms with Crippen molar-refractivity contribution in [1.29, 1.82) is 0 Å². The molecule has 0 spiro atoms. The number of nitrogens with two attached hydrogens (primary N) is 1. The van der Waals surface area contributed by atoms with E-state index in [4.69, 9.17) is 5.73 Å². The van der Waals surface area contributed by atoms with Crippen molar-refractivity contribution in [3.8, 4) is 0 Å². The molecule has 2 nitrogen and oxygen atoms in total. The third-order valence-corrected chi connectivity index (χ3v) is 4.24. The van der Waals surface area contributed by atoms with Gasteiger partial charge in [0.05, 0.1) is 5.76 Å². The number of hydrogen-bond donors (Lipinski definition) is 2. The third kappa shape index (κ3) is 4.43. The van der Waals surface area contributed by atoms with Crippen LogP contribution in [0.2, 0.25) is 0 Å². The fourth-order valence-corrected chi connectivity index (χ4v) is 3.23. The molecule has 3 heteroatoms. The first-order valence-corrected chi connectivity index (χ1v) is 6.90. The summed E-state index contributed by atoms with van der Waals surface area (Å²) in [5, 5.41) is 11.1. The van der Waals surface area contributed by atoms with Crippen LogP contribution in [0.15, 0.2) is 11.1 Å². The fraction of sp³-hybridized carbons (Fsp3) is 0.818. The van der Waals surface area contributed by atoms with Crippen LogP contribution >= 0.6 is 8.58 Å². The predicted octanol–water partition coefficient (Wildman–Crippen LogP) is 3.14. The molecule has 1 unspecified atom stereocenters. The summed E-state index contributed by atoms with van der Waals surface area (Å²) in [5.41, 5.74) is 5.45. The predicted molar refractivity (Wildman–Crippen MR) is 64.2 cm³/mol. The van der Waals surface area contributed by atoms with Gasteiger partial charge < -0.3 is 10.8 Å². The molecule has 0 saturated carbocycles. The van der Waals surface area contributed by atoms with Crippen molar-refractivity contribution in [2.75, 3.05) is 12.7 Å². The molecular weight excluding hydrogens is 193 g/mol. The van der Waals surface area contributed by atoms with Gasteiger partial charge in [0.15, 0.2) is 0 Å². The highest BCUT2D eigenvalue weighted by Crippen LogP contribution is 2.34. The van der Waals surface area contributed by atoms with Crippen molar-refractivity contribution < 1.29 is 5.11 Å². The lowest BCUT2D eigenvalue weighted by molar-refractivity contribution is 0.385. The van der Waals surface area contributed by atoms with Gasteiger partial charge in [-0.1, -0.05) is 27.8 Å². The van der Waals surface area contributed by atoms with Crippen LogP contribution in [0, 0.1) is 0 Å². The summed E-state index contributed by atoms with van der Waals surface area (Å²) in [6.07, 6.45) is 9.68. The second kappa shape index (κ2) is 7.25. The first-order valence-electron chi connectivity index (χ1n) is 5.69. The highest BCUT2D eigenvalue weighted by molar-refractivity contribution is 7.43. The normalized spacial score (nSPS) is 25.2. The fourth-order valence-electron chi connectivity index (χ4n) is 1.82. The van der Waals surface area contributed by atoms with Gasteiger partial charge in [-0.05, 0) is 37.3 Å². The second-order valence-corrected chi connectivity index (χ2v) is 5.37. The molecule has 0 amide bonds. The van der Waals surface area contributed by atoms with E-state index in [-0.39, 0.29) is 0 Å². The van der Waals surface area contributed by atoms with E-state index in [9.17, 15) is 5.11 Å². The molecule has 1 atom stereocenters. The average Bonchev–Trinajstić information content (AvgIpc) is 2.30. The van der Waals surface area contributed by atoms with Crippen molar-refractivity contribution in [2.24, 2.45) is 5.73 Å². The van der Waals surface area contributed by atoms with Crippen molar-refractivity contribution in [2.45, 2.75) is 44.9 Å². The van der Waals surface area contributed by atoms with E-state index >= 15 is 0 Å². The topological polar surface area (TPSA) is 46.2 Å². The molecule has 1 aliphatic heterocycles. The maximum absolute atomic E-state index is 9.79. The summed E-state index contributed by atoms with van der Waals surface area (Å²) in [5.74, 6) is 0.590. The lowest BCUT2D eigenvalue weighted by Gasteiger charge is -2.09. The Morgan fingerprint density at radius 3 is 2.71 bits per heavy atom. The van der Waals surface area contributed by atoms with Gasteiger partial charge in [0.2, 0.25) is 0 Å². The SMILES string of the molecule is NCCC(O)=C1CCCCCCCP1. The smallest absolute Gasteiger partial charge is 0.0968 e. The van der Waals surface area contributed by atoms with Crippen LogP contribution in [0.1, 0.15) is 44.9 Å². The minimum absolute atomic E-state index is 0.569. The van der Waals surface area contributed by atoms with Gasteiger partial charge in [0, 0.05) is 6.42 Å². The van der Waals surface area contributed by atoms with Crippen molar-refractivity contribution >= 4 is 8.58 Å². The van der Waals surface area contributed by atoms with Crippen LogP contribution in [-0.4, -0.2) is 17.8 Å². The van der Waals surface area contributed by atoms with Gasteiger partial charge in [0.1, 0.15) is 0 Å². The van der Waals surface area contributed by atoms with Crippen LogP contribution in [0.25, 0.3) is 0 Å². The van der Waals surface area contributed by atoms with Crippen LogP contribution in [0.4, 0.5) is 0 Å². The average molecular weight is 215 g/mol. The van der Waals surface area contributed by atoms with E-state index < -0.39 is 0 Å². The van der Waals surface area contributed by atoms with Crippen LogP contribution in [0.5, 0.6) is 0 Å². The van der Waals surface area contributed by atoms with E-state index in [0.29, 0.717) is 18.7 Å².